The van der Waals surface area contributed by atoms with Crippen LogP contribution in [0.5, 0.6) is 0 Å². The summed E-state index contributed by atoms with van der Waals surface area (Å²) in [7, 11) is 0. The zero-order chi connectivity index (χ0) is 17.4. The third kappa shape index (κ3) is 4.95. The molecule has 0 atom stereocenters. The first-order chi connectivity index (χ1) is 11.6. The number of anilines is 2. The Hall–Kier alpha value is -3.68. The molecule has 0 spiro atoms. The van der Waals surface area contributed by atoms with Gasteiger partial charge in [0, 0.05) is 0 Å². The summed E-state index contributed by atoms with van der Waals surface area (Å²) in [6.07, 6.45) is 2.81. The van der Waals surface area contributed by atoms with E-state index in [0.29, 0.717) is 11.4 Å². The van der Waals surface area contributed by atoms with E-state index in [1.54, 1.807) is 24.3 Å². The van der Waals surface area contributed by atoms with Crippen LogP contribution in [0.25, 0.3) is 0 Å². The SMILES string of the molecule is O=C(O)c1ccc(N/N=C\C=N/Nc2ccc(C(=O)O)cc2)cc1. The Morgan fingerprint density at radius 1 is 0.708 bits per heavy atom. The minimum Gasteiger partial charge on any atom is -0.478 e. The first-order valence-corrected chi connectivity index (χ1v) is 6.80. The van der Waals surface area contributed by atoms with Gasteiger partial charge in [0.05, 0.1) is 34.9 Å². The van der Waals surface area contributed by atoms with E-state index < -0.39 is 11.9 Å². The lowest BCUT2D eigenvalue weighted by atomic mass is 10.2. The van der Waals surface area contributed by atoms with E-state index in [1.165, 1.54) is 36.7 Å². The van der Waals surface area contributed by atoms with E-state index in [0.717, 1.165) is 0 Å². The van der Waals surface area contributed by atoms with Gasteiger partial charge in [-0.25, -0.2) is 9.59 Å². The molecule has 0 saturated heterocycles. The fourth-order valence-corrected chi connectivity index (χ4v) is 1.66. The van der Waals surface area contributed by atoms with Crippen LogP contribution in [-0.2, 0) is 0 Å². The predicted molar refractivity (Wildman–Crippen MR) is 91.0 cm³/mol. The van der Waals surface area contributed by atoms with Crippen LogP contribution in [0.3, 0.4) is 0 Å². The molecular formula is C16H14N4O4. The van der Waals surface area contributed by atoms with Crippen molar-refractivity contribution >= 4 is 35.7 Å². The molecule has 0 aliphatic heterocycles. The first-order valence-electron chi connectivity index (χ1n) is 6.80. The van der Waals surface area contributed by atoms with Crippen molar-refractivity contribution < 1.29 is 19.8 Å². The molecule has 0 fully saturated rings. The maximum Gasteiger partial charge on any atom is 0.335 e. The molecule has 0 unspecified atom stereocenters. The summed E-state index contributed by atoms with van der Waals surface area (Å²) >= 11 is 0. The molecule has 8 nitrogen and oxygen atoms in total. The largest absolute Gasteiger partial charge is 0.478 e. The second kappa shape index (κ2) is 8.08. The third-order valence-corrected chi connectivity index (χ3v) is 2.87. The number of nitrogens with one attached hydrogen (secondary N) is 2. The van der Waals surface area contributed by atoms with Crippen molar-refractivity contribution in [3.63, 3.8) is 0 Å². The maximum absolute atomic E-state index is 10.7. The van der Waals surface area contributed by atoms with E-state index in [4.69, 9.17) is 10.2 Å². The molecule has 0 aromatic heterocycles. The molecule has 0 amide bonds. The minimum atomic E-state index is -0.986. The van der Waals surface area contributed by atoms with Crippen molar-refractivity contribution in [2.45, 2.75) is 0 Å². The Balaban J connectivity index is 1.79. The smallest absolute Gasteiger partial charge is 0.335 e. The molecule has 2 aromatic carbocycles. The van der Waals surface area contributed by atoms with Gasteiger partial charge >= 0.3 is 11.9 Å². The summed E-state index contributed by atoms with van der Waals surface area (Å²) in [6, 6.07) is 12.3. The van der Waals surface area contributed by atoms with E-state index in [-0.39, 0.29) is 11.1 Å². The lowest BCUT2D eigenvalue weighted by Gasteiger charge is -2.00. The van der Waals surface area contributed by atoms with E-state index in [9.17, 15) is 9.59 Å². The Bertz CT molecular complexity index is 700. The normalized spacial score (nSPS) is 10.8. The Morgan fingerprint density at radius 2 is 1.04 bits per heavy atom. The Morgan fingerprint density at radius 3 is 1.33 bits per heavy atom. The van der Waals surface area contributed by atoms with Crippen molar-refractivity contribution in [3.05, 3.63) is 59.7 Å². The number of benzene rings is 2. The fourth-order valence-electron chi connectivity index (χ4n) is 1.66. The maximum atomic E-state index is 10.7. The average Bonchev–Trinajstić information content (AvgIpc) is 2.58. The zero-order valence-electron chi connectivity index (χ0n) is 12.4. The highest BCUT2D eigenvalue weighted by molar-refractivity contribution is 6.16. The van der Waals surface area contributed by atoms with Gasteiger partial charge in [0.15, 0.2) is 0 Å². The summed E-state index contributed by atoms with van der Waals surface area (Å²) in [5, 5.41) is 25.4. The van der Waals surface area contributed by atoms with Gasteiger partial charge in [-0.05, 0) is 48.5 Å². The zero-order valence-corrected chi connectivity index (χ0v) is 12.4. The van der Waals surface area contributed by atoms with Crippen molar-refractivity contribution in [2.75, 3.05) is 10.9 Å². The van der Waals surface area contributed by atoms with Gasteiger partial charge in [-0.2, -0.15) is 10.2 Å². The molecule has 4 N–H and O–H groups in total. The van der Waals surface area contributed by atoms with Gasteiger partial charge in [0.1, 0.15) is 0 Å². The molecule has 24 heavy (non-hydrogen) atoms. The summed E-state index contributed by atoms with van der Waals surface area (Å²) in [5.74, 6) is -1.97. The van der Waals surface area contributed by atoms with Crippen LogP contribution in [-0.4, -0.2) is 34.6 Å². The molecule has 2 rings (SSSR count). The summed E-state index contributed by atoms with van der Waals surface area (Å²) in [5.41, 5.74) is 7.12. The molecule has 2 aromatic rings. The van der Waals surface area contributed by atoms with Crippen molar-refractivity contribution in [2.24, 2.45) is 10.2 Å². The van der Waals surface area contributed by atoms with Crippen LogP contribution in [0.4, 0.5) is 11.4 Å². The Kier molecular flexibility index (Phi) is 5.62. The number of hydrogen-bond donors (Lipinski definition) is 4. The number of carboxylic acids is 2. The number of rotatable bonds is 7. The molecule has 0 saturated carbocycles. The van der Waals surface area contributed by atoms with Crippen molar-refractivity contribution in [1.82, 2.24) is 0 Å². The molecule has 0 heterocycles. The monoisotopic (exact) mass is 326 g/mol. The topological polar surface area (TPSA) is 123 Å². The lowest BCUT2D eigenvalue weighted by molar-refractivity contribution is 0.0686. The highest BCUT2D eigenvalue weighted by Gasteiger charge is 2.01. The van der Waals surface area contributed by atoms with Gasteiger partial charge in [-0.3, -0.25) is 10.9 Å². The number of carboxylic acid groups (broad SMARTS) is 2. The second-order valence-corrected chi connectivity index (χ2v) is 4.54. The molecule has 0 bridgehead atoms. The van der Waals surface area contributed by atoms with Gasteiger partial charge in [-0.15, -0.1) is 0 Å². The number of aromatic carboxylic acids is 2. The highest BCUT2D eigenvalue weighted by atomic mass is 16.4. The van der Waals surface area contributed by atoms with Gasteiger partial charge < -0.3 is 10.2 Å². The van der Waals surface area contributed by atoms with Crippen LogP contribution >= 0.6 is 0 Å². The summed E-state index contributed by atoms with van der Waals surface area (Å²) in [4.78, 5) is 21.4. The van der Waals surface area contributed by atoms with Crippen molar-refractivity contribution in [3.8, 4) is 0 Å². The number of hydrogen-bond acceptors (Lipinski definition) is 6. The van der Waals surface area contributed by atoms with Crippen LogP contribution in [0.1, 0.15) is 20.7 Å². The molecular weight excluding hydrogens is 312 g/mol. The minimum absolute atomic E-state index is 0.198. The molecule has 122 valence electrons. The van der Waals surface area contributed by atoms with Crippen LogP contribution in [0.2, 0.25) is 0 Å². The summed E-state index contributed by atoms with van der Waals surface area (Å²) < 4.78 is 0. The quantitative estimate of drug-likeness (QED) is 0.458. The van der Waals surface area contributed by atoms with Crippen molar-refractivity contribution in [1.29, 1.82) is 0 Å². The van der Waals surface area contributed by atoms with Crippen LogP contribution < -0.4 is 10.9 Å². The Labute approximate surface area is 137 Å². The molecule has 0 aliphatic rings. The fraction of sp³-hybridized carbons (Fsp3) is 0. The standard InChI is InChI=1S/C16H14N4O4/c21-15(22)11-1-5-13(6-2-11)19-17-9-10-18-20-14-7-3-12(4-8-14)16(23)24/h1-10,19-20H,(H,21,22)(H,23,24)/b17-9-,18-10-. The second-order valence-electron chi connectivity index (χ2n) is 4.54. The van der Waals surface area contributed by atoms with Gasteiger partial charge in [-0.1, -0.05) is 0 Å². The molecule has 8 heteroatoms. The number of nitrogens with zero attached hydrogens (tertiary/aromatic N) is 2. The average molecular weight is 326 g/mol. The van der Waals surface area contributed by atoms with Crippen LogP contribution in [0, 0.1) is 0 Å². The molecule has 0 aliphatic carbocycles. The first kappa shape index (κ1) is 16.7. The molecule has 0 radical (unpaired) electrons. The number of carbonyl (C=O) groups is 2. The summed E-state index contributed by atoms with van der Waals surface area (Å²) in [6.45, 7) is 0. The van der Waals surface area contributed by atoms with E-state index >= 15 is 0 Å². The lowest BCUT2D eigenvalue weighted by Crippen LogP contribution is -1.97. The van der Waals surface area contributed by atoms with Gasteiger partial charge in [0.2, 0.25) is 0 Å². The van der Waals surface area contributed by atoms with E-state index in [2.05, 4.69) is 21.1 Å². The van der Waals surface area contributed by atoms with E-state index in [1.807, 2.05) is 0 Å². The highest BCUT2D eigenvalue weighted by Crippen LogP contribution is 2.10. The number of hydrazone groups is 2. The third-order valence-electron chi connectivity index (χ3n) is 2.87. The van der Waals surface area contributed by atoms with Gasteiger partial charge in [0.25, 0.3) is 0 Å². The predicted octanol–water partition coefficient (Wildman–Crippen LogP) is 2.58. The van der Waals surface area contributed by atoms with Crippen LogP contribution in [0.15, 0.2) is 58.7 Å².